The number of aromatic amines is 1. The van der Waals surface area contributed by atoms with Crippen molar-refractivity contribution in [2.24, 2.45) is 10.2 Å². The standard InChI is InChI=1S/C16H18N4O3/c1-2-10-5-6-12-11(9-10)13(14(21)17-12)18-19-15(22)16(23)20-7-3-4-8-20/h5-6,9,17,21H,2-4,7-8H2,1H3. The second-order valence-corrected chi connectivity index (χ2v) is 5.56. The van der Waals surface area contributed by atoms with Gasteiger partial charge in [-0.05, 0) is 37.0 Å². The van der Waals surface area contributed by atoms with Crippen molar-refractivity contribution in [3.05, 3.63) is 23.8 Å². The first-order valence-electron chi connectivity index (χ1n) is 7.68. The molecule has 0 spiro atoms. The quantitative estimate of drug-likeness (QED) is 0.658. The Kier molecular flexibility index (Phi) is 4.10. The predicted octanol–water partition coefficient (Wildman–Crippen LogP) is 2.67. The van der Waals surface area contributed by atoms with Gasteiger partial charge in [-0.1, -0.05) is 13.0 Å². The Hall–Kier alpha value is -2.70. The fourth-order valence-electron chi connectivity index (χ4n) is 2.73. The molecule has 23 heavy (non-hydrogen) atoms. The zero-order valence-electron chi connectivity index (χ0n) is 12.9. The molecule has 1 saturated heterocycles. The Morgan fingerprint density at radius 2 is 2.04 bits per heavy atom. The van der Waals surface area contributed by atoms with E-state index < -0.39 is 11.8 Å². The first-order valence-corrected chi connectivity index (χ1v) is 7.68. The van der Waals surface area contributed by atoms with E-state index in [2.05, 4.69) is 15.2 Å². The zero-order chi connectivity index (χ0) is 16.4. The van der Waals surface area contributed by atoms with Crippen molar-refractivity contribution in [1.82, 2.24) is 9.88 Å². The van der Waals surface area contributed by atoms with Crippen molar-refractivity contribution in [3.8, 4) is 5.88 Å². The Bertz CT molecular complexity index is 788. The van der Waals surface area contributed by atoms with Gasteiger partial charge in [-0.15, -0.1) is 10.2 Å². The van der Waals surface area contributed by atoms with Crippen LogP contribution in [-0.2, 0) is 16.0 Å². The largest absolute Gasteiger partial charge is 0.493 e. The molecule has 0 radical (unpaired) electrons. The summed E-state index contributed by atoms with van der Waals surface area (Å²) in [5, 5.41) is 17.9. The van der Waals surface area contributed by atoms with Crippen LogP contribution in [0.15, 0.2) is 28.4 Å². The molecule has 1 aromatic carbocycles. The van der Waals surface area contributed by atoms with E-state index in [0.717, 1.165) is 24.8 Å². The van der Waals surface area contributed by atoms with E-state index in [1.54, 1.807) is 0 Å². The number of likely N-dealkylation sites (tertiary alicyclic amines) is 1. The average Bonchev–Trinajstić information content (AvgIpc) is 3.19. The Morgan fingerprint density at radius 1 is 1.30 bits per heavy atom. The minimum atomic E-state index is -0.910. The van der Waals surface area contributed by atoms with Gasteiger partial charge in [0.2, 0.25) is 5.88 Å². The van der Waals surface area contributed by atoms with Crippen LogP contribution in [0.3, 0.4) is 0 Å². The lowest BCUT2D eigenvalue weighted by atomic mass is 10.1. The summed E-state index contributed by atoms with van der Waals surface area (Å²) in [4.78, 5) is 28.0. The molecule has 120 valence electrons. The highest BCUT2D eigenvalue weighted by atomic mass is 16.3. The van der Waals surface area contributed by atoms with E-state index in [-0.39, 0.29) is 11.6 Å². The molecule has 0 atom stereocenters. The monoisotopic (exact) mass is 314 g/mol. The van der Waals surface area contributed by atoms with E-state index in [0.29, 0.717) is 24.0 Å². The number of hydrogen-bond acceptors (Lipinski definition) is 4. The van der Waals surface area contributed by atoms with Crippen LogP contribution in [0.4, 0.5) is 5.69 Å². The molecule has 3 rings (SSSR count). The number of amides is 2. The average molecular weight is 314 g/mol. The van der Waals surface area contributed by atoms with Gasteiger partial charge in [0.05, 0.1) is 5.52 Å². The molecule has 2 amide bonds. The molecule has 7 heteroatoms. The van der Waals surface area contributed by atoms with E-state index in [4.69, 9.17) is 0 Å². The number of aromatic nitrogens is 1. The van der Waals surface area contributed by atoms with Crippen LogP contribution in [0.1, 0.15) is 25.3 Å². The third-order valence-electron chi connectivity index (χ3n) is 4.04. The lowest BCUT2D eigenvalue weighted by molar-refractivity contribution is -0.143. The second kappa shape index (κ2) is 6.20. The first-order chi connectivity index (χ1) is 11.1. The summed E-state index contributed by atoms with van der Waals surface area (Å²) in [6.45, 7) is 3.18. The van der Waals surface area contributed by atoms with E-state index in [9.17, 15) is 14.7 Å². The van der Waals surface area contributed by atoms with Gasteiger partial charge in [0, 0.05) is 18.5 Å². The number of aryl methyl sites for hydroxylation is 1. The Labute approximate surface area is 133 Å². The Morgan fingerprint density at radius 3 is 2.74 bits per heavy atom. The zero-order valence-corrected chi connectivity index (χ0v) is 12.9. The highest BCUT2D eigenvalue weighted by Gasteiger charge is 2.24. The second-order valence-electron chi connectivity index (χ2n) is 5.56. The minimum Gasteiger partial charge on any atom is -0.493 e. The molecule has 0 bridgehead atoms. The smallest absolute Gasteiger partial charge is 0.353 e. The SMILES string of the molecule is CCc1ccc2[nH]c(O)c(N=NC(=O)C(=O)N3CCCC3)c2c1. The maximum atomic E-state index is 11.9. The van der Waals surface area contributed by atoms with Crippen molar-refractivity contribution in [3.63, 3.8) is 0 Å². The fraction of sp³-hybridized carbons (Fsp3) is 0.375. The van der Waals surface area contributed by atoms with Gasteiger partial charge in [-0.2, -0.15) is 0 Å². The van der Waals surface area contributed by atoms with Gasteiger partial charge in [-0.3, -0.25) is 9.59 Å². The van der Waals surface area contributed by atoms with Crippen molar-refractivity contribution in [2.45, 2.75) is 26.2 Å². The highest BCUT2D eigenvalue weighted by molar-refractivity contribution is 6.35. The maximum Gasteiger partial charge on any atom is 0.353 e. The normalized spacial score (nSPS) is 14.9. The molecule has 2 heterocycles. The summed E-state index contributed by atoms with van der Waals surface area (Å²) >= 11 is 0. The number of nitrogens with one attached hydrogen (secondary N) is 1. The van der Waals surface area contributed by atoms with Crippen molar-refractivity contribution < 1.29 is 14.7 Å². The first kappa shape index (κ1) is 15.2. The van der Waals surface area contributed by atoms with Gasteiger partial charge in [0.1, 0.15) is 0 Å². The lowest BCUT2D eigenvalue weighted by Gasteiger charge is -2.11. The van der Waals surface area contributed by atoms with E-state index in [1.165, 1.54) is 4.90 Å². The summed E-state index contributed by atoms with van der Waals surface area (Å²) in [6.07, 6.45) is 2.64. The number of carbonyl (C=O) groups excluding carboxylic acids is 2. The van der Waals surface area contributed by atoms with Crippen molar-refractivity contribution >= 4 is 28.4 Å². The van der Waals surface area contributed by atoms with Crippen LogP contribution in [0, 0.1) is 0 Å². The summed E-state index contributed by atoms with van der Waals surface area (Å²) in [7, 11) is 0. The van der Waals surface area contributed by atoms with Crippen molar-refractivity contribution in [1.29, 1.82) is 0 Å². The van der Waals surface area contributed by atoms with Gasteiger partial charge in [-0.25, -0.2) is 0 Å². The molecule has 0 unspecified atom stereocenters. The summed E-state index contributed by atoms with van der Waals surface area (Å²) < 4.78 is 0. The number of H-pyrrole nitrogens is 1. The summed E-state index contributed by atoms with van der Waals surface area (Å²) in [5.41, 5.74) is 1.96. The molecule has 2 N–H and O–H groups in total. The van der Waals surface area contributed by atoms with E-state index >= 15 is 0 Å². The van der Waals surface area contributed by atoms with Gasteiger partial charge < -0.3 is 15.0 Å². The number of azo groups is 1. The van der Waals surface area contributed by atoms with Crippen LogP contribution in [-0.4, -0.2) is 39.9 Å². The molecule has 2 aromatic rings. The molecule has 1 aliphatic heterocycles. The third-order valence-corrected chi connectivity index (χ3v) is 4.04. The van der Waals surface area contributed by atoms with Gasteiger partial charge >= 0.3 is 11.8 Å². The van der Waals surface area contributed by atoms with Crippen LogP contribution >= 0.6 is 0 Å². The minimum absolute atomic E-state index is 0.168. The molecule has 0 aliphatic carbocycles. The maximum absolute atomic E-state index is 11.9. The van der Waals surface area contributed by atoms with Crippen LogP contribution in [0.25, 0.3) is 10.9 Å². The molecule has 1 aromatic heterocycles. The fourth-order valence-corrected chi connectivity index (χ4v) is 2.73. The van der Waals surface area contributed by atoms with Gasteiger partial charge in [0.15, 0.2) is 5.69 Å². The third kappa shape index (κ3) is 2.94. The molecule has 0 saturated carbocycles. The van der Waals surface area contributed by atoms with Crippen molar-refractivity contribution in [2.75, 3.05) is 13.1 Å². The predicted molar refractivity (Wildman–Crippen MR) is 84.7 cm³/mol. The molecule has 1 aliphatic rings. The Balaban J connectivity index is 1.86. The lowest BCUT2D eigenvalue weighted by Crippen LogP contribution is -2.32. The number of benzene rings is 1. The number of carbonyl (C=O) groups is 2. The van der Waals surface area contributed by atoms with Crippen LogP contribution in [0.5, 0.6) is 5.88 Å². The highest BCUT2D eigenvalue weighted by Crippen LogP contribution is 2.36. The summed E-state index contributed by atoms with van der Waals surface area (Å²) in [5.74, 6) is -1.72. The molecular weight excluding hydrogens is 296 g/mol. The number of aromatic hydroxyl groups is 1. The number of fused-ring (bicyclic) bond motifs is 1. The molecule has 1 fully saturated rings. The number of nitrogens with zero attached hydrogens (tertiary/aromatic N) is 3. The number of hydrogen-bond donors (Lipinski definition) is 2. The topological polar surface area (TPSA) is 98.1 Å². The van der Waals surface area contributed by atoms with Gasteiger partial charge in [0.25, 0.3) is 0 Å². The molecule has 7 nitrogen and oxygen atoms in total. The summed E-state index contributed by atoms with van der Waals surface area (Å²) in [6, 6.07) is 5.66. The van der Waals surface area contributed by atoms with E-state index in [1.807, 2.05) is 25.1 Å². The number of rotatable bonds is 2. The molecular formula is C16H18N4O3. The van der Waals surface area contributed by atoms with Crippen LogP contribution < -0.4 is 0 Å². The van der Waals surface area contributed by atoms with Crippen LogP contribution in [0.2, 0.25) is 0 Å².